The normalized spacial score (nSPS) is 19.7. The topological polar surface area (TPSA) is 123 Å². The lowest BCUT2D eigenvalue weighted by Crippen LogP contribution is -2.48. The highest BCUT2D eigenvalue weighted by atomic mass is 16.6. The van der Waals surface area contributed by atoms with Gasteiger partial charge in [-0.25, -0.2) is 9.59 Å². The minimum absolute atomic E-state index is 0.101. The molecule has 1 heterocycles. The third-order valence-electron chi connectivity index (χ3n) is 3.94. The number of nitriles is 1. The molecule has 27 heavy (non-hydrogen) atoms. The molecule has 0 spiro atoms. The van der Waals surface area contributed by atoms with Crippen LogP contribution in [0.5, 0.6) is 0 Å². The maximum absolute atomic E-state index is 12.3. The van der Waals surface area contributed by atoms with E-state index < -0.39 is 34.6 Å². The lowest BCUT2D eigenvalue weighted by atomic mass is 9.96. The second-order valence-electron chi connectivity index (χ2n) is 7.20. The van der Waals surface area contributed by atoms with Crippen LogP contribution in [0.4, 0.5) is 10.5 Å². The average molecular weight is 375 g/mol. The van der Waals surface area contributed by atoms with Crippen molar-refractivity contribution >= 4 is 17.7 Å². The summed E-state index contributed by atoms with van der Waals surface area (Å²) in [5.74, 6) is -1.35. The molecule has 1 fully saturated rings. The Morgan fingerprint density at radius 1 is 1.30 bits per heavy atom. The fraction of sp³-hybridized carbons (Fsp3) is 0.500. The Morgan fingerprint density at radius 2 is 1.93 bits per heavy atom. The van der Waals surface area contributed by atoms with Gasteiger partial charge in [-0.15, -0.1) is 0 Å². The van der Waals surface area contributed by atoms with Gasteiger partial charge < -0.3 is 14.4 Å². The van der Waals surface area contributed by atoms with E-state index in [2.05, 4.69) is 6.07 Å². The van der Waals surface area contributed by atoms with Gasteiger partial charge in [-0.3, -0.25) is 10.1 Å². The number of amides is 1. The highest BCUT2D eigenvalue weighted by Gasteiger charge is 2.36. The first-order chi connectivity index (χ1) is 12.6. The Balaban J connectivity index is 1.99. The number of benzene rings is 1. The SMILES string of the molecule is CC(C)(C)OC(=O)N1CCC(OC(=O)c2ccc([N+](=O)[O-])cc2)[C@H](C#N)C1. The summed E-state index contributed by atoms with van der Waals surface area (Å²) in [6.07, 6.45) is -0.879. The molecule has 1 saturated heterocycles. The zero-order valence-corrected chi connectivity index (χ0v) is 15.4. The Morgan fingerprint density at radius 3 is 2.44 bits per heavy atom. The minimum Gasteiger partial charge on any atom is -0.457 e. The summed E-state index contributed by atoms with van der Waals surface area (Å²) < 4.78 is 10.7. The van der Waals surface area contributed by atoms with Crippen molar-refractivity contribution < 1.29 is 24.0 Å². The van der Waals surface area contributed by atoms with E-state index in [-0.39, 0.29) is 17.8 Å². The molecular formula is C18H21N3O6. The second kappa shape index (κ2) is 8.03. The van der Waals surface area contributed by atoms with Crippen molar-refractivity contribution in [1.29, 1.82) is 5.26 Å². The largest absolute Gasteiger partial charge is 0.457 e. The van der Waals surface area contributed by atoms with Gasteiger partial charge in [0.1, 0.15) is 17.6 Å². The van der Waals surface area contributed by atoms with Crippen LogP contribution >= 0.6 is 0 Å². The summed E-state index contributed by atoms with van der Waals surface area (Å²) >= 11 is 0. The molecule has 0 radical (unpaired) electrons. The van der Waals surface area contributed by atoms with E-state index in [9.17, 15) is 25.0 Å². The lowest BCUT2D eigenvalue weighted by molar-refractivity contribution is -0.384. The minimum atomic E-state index is -0.687. The molecule has 9 nitrogen and oxygen atoms in total. The zero-order valence-electron chi connectivity index (χ0n) is 15.4. The van der Waals surface area contributed by atoms with Crippen molar-refractivity contribution in [2.45, 2.75) is 38.9 Å². The van der Waals surface area contributed by atoms with Crippen LogP contribution in [0.3, 0.4) is 0 Å². The van der Waals surface area contributed by atoms with Gasteiger partial charge in [0.05, 0.1) is 16.6 Å². The molecule has 1 aliphatic heterocycles. The first-order valence-corrected chi connectivity index (χ1v) is 8.43. The number of non-ortho nitro benzene ring substituents is 1. The molecule has 1 aromatic rings. The molecule has 1 aliphatic rings. The fourth-order valence-corrected chi connectivity index (χ4v) is 2.61. The van der Waals surface area contributed by atoms with Crippen LogP contribution in [0.15, 0.2) is 24.3 Å². The van der Waals surface area contributed by atoms with Gasteiger partial charge in [0, 0.05) is 31.6 Å². The predicted molar refractivity (Wildman–Crippen MR) is 93.8 cm³/mol. The molecule has 2 atom stereocenters. The van der Waals surface area contributed by atoms with E-state index in [1.54, 1.807) is 20.8 Å². The van der Waals surface area contributed by atoms with Gasteiger partial charge in [-0.2, -0.15) is 5.26 Å². The van der Waals surface area contributed by atoms with Crippen molar-refractivity contribution in [1.82, 2.24) is 4.90 Å². The summed E-state index contributed by atoms with van der Waals surface area (Å²) in [4.78, 5) is 35.9. The highest BCUT2D eigenvalue weighted by molar-refractivity contribution is 5.89. The highest BCUT2D eigenvalue weighted by Crippen LogP contribution is 2.23. The average Bonchev–Trinajstić information content (AvgIpc) is 2.60. The van der Waals surface area contributed by atoms with Crippen LogP contribution in [-0.2, 0) is 9.47 Å². The fourth-order valence-electron chi connectivity index (χ4n) is 2.61. The van der Waals surface area contributed by atoms with E-state index in [4.69, 9.17) is 9.47 Å². The lowest BCUT2D eigenvalue weighted by Gasteiger charge is -2.35. The van der Waals surface area contributed by atoms with E-state index >= 15 is 0 Å². The molecule has 0 bridgehead atoms. The summed E-state index contributed by atoms with van der Waals surface area (Å²) in [5.41, 5.74) is -0.614. The molecule has 1 aromatic carbocycles. The van der Waals surface area contributed by atoms with Gasteiger partial charge in [0.15, 0.2) is 0 Å². The quantitative estimate of drug-likeness (QED) is 0.452. The molecule has 1 unspecified atom stereocenters. The number of carbonyl (C=O) groups is 2. The first-order valence-electron chi connectivity index (χ1n) is 8.43. The van der Waals surface area contributed by atoms with E-state index in [1.807, 2.05) is 0 Å². The van der Waals surface area contributed by atoms with Crippen molar-refractivity contribution in [3.63, 3.8) is 0 Å². The number of nitrogens with zero attached hydrogens (tertiary/aromatic N) is 3. The number of nitro groups is 1. The van der Waals surface area contributed by atoms with Crippen LogP contribution in [0, 0.1) is 27.4 Å². The summed E-state index contributed by atoms with van der Waals surface area (Å²) in [5, 5.41) is 20.0. The molecule has 9 heteroatoms. The van der Waals surface area contributed by atoms with Gasteiger partial charge in [-0.05, 0) is 32.9 Å². The Labute approximate surface area is 156 Å². The maximum Gasteiger partial charge on any atom is 0.410 e. The summed E-state index contributed by atoms with van der Waals surface area (Å²) in [7, 11) is 0. The summed E-state index contributed by atoms with van der Waals surface area (Å²) in [6, 6.07) is 7.10. The Bertz CT molecular complexity index is 763. The van der Waals surface area contributed by atoms with Crippen LogP contribution in [0.25, 0.3) is 0 Å². The number of likely N-dealkylation sites (tertiary alicyclic amines) is 1. The number of hydrogen-bond acceptors (Lipinski definition) is 7. The van der Waals surface area contributed by atoms with Crippen molar-refractivity contribution in [3.8, 4) is 6.07 Å². The van der Waals surface area contributed by atoms with Crippen molar-refractivity contribution in [2.24, 2.45) is 5.92 Å². The molecule has 1 amide bonds. The molecule has 144 valence electrons. The maximum atomic E-state index is 12.3. The molecule has 0 N–H and O–H groups in total. The second-order valence-corrected chi connectivity index (χ2v) is 7.20. The number of nitro benzene ring substituents is 1. The third kappa shape index (κ3) is 5.41. The van der Waals surface area contributed by atoms with Gasteiger partial charge >= 0.3 is 12.1 Å². The van der Waals surface area contributed by atoms with E-state index in [0.717, 1.165) is 0 Å². The molecule has 0 aromatic heterocycles. The third-order valence-corrected chi connectivity index (χ3v) is 3.94. The van der Waals surface area contributed by atoms with Gasteiger partial charge in [0.25, 0.3) is 5.69 Å². The number of carbonyl (C=O) groups excluding carboxylic acids is 2. The van der Waals surface area contributed by atoms with E-state index in [0.29, 0.717) is 13.0 Å². The van der Waals surface area contributed by atoms with Crippen molar-refractivity contribution in [3.05, 3.63) is 39.9 Å². The van der Waals surface area contributed by atoms with Gasteiger partial charge in [-0.1, -0.05) is 0 Å². The monoisotopic (exact) mass is 375 g/mol. The van der Waals surface area contributed by atoms with Crippen LogP contribution < -0.4 is 0 Å². The smallest absolute Gasteiger partial charge is 0.410 e. The molecule has 0 saturated carbocycles. The predicted octanol–water partition coefficient (Wildman–Crippen LogP) is 2.90. The Kier molecular flexibility index (Phi) is 6.00. The number of hydrogen-bond donors (Lipinski definition) is 0. The Hall–Kier alpha value is -3.15. The number of piperidine rings is 1. The standard InChI is InChI=1S/C18H21N3O6/c1-18(2,3)27-17(23)20-9-8-15(13(10-19)11-20)26-16(22)12-4-6-14(7-5-12)21(24)25/h4-7,13,15H,8-9,11H2,1-3H3/t13-,15?/m1/s1. The summed E-state index contributed by atoms with van der Waals surface area (Å²) in [6.45, 7) is 5.66. The van der Waals surface area contributed by atoms with Crippen LogP contribution in [0.1, 0.15) is 37.6 Å². The van der Waals surface area contributed by atoms with Crippen molar-refractivity contribution in [2.75, 3.05) is 13.1 Å². The molecule has 0 aliphatic carbocycles. The number of rotatable bonds is 3. The van der Waals surface area contributed by atoms with E-state index in [1.165, 1.54) is 29.2 Å². The number of ether oxygens (including phenoxy) is 2. The molecule has 2 rings (SSSR count). The van der Waals surface area contributed by atoms with Crippen LogP contribution in [0.2, 0.25) is 0 Å². The zero-order chi connectivity index (χ0) is 20.2. The first kappa shape index (κ1) is 20.2. The van der Waals surface area contributed by atoms with Gasteiger partial charge in [0.2, 0.25) is 0 Å². The molecular weight excluding hydrogens is 354 g/mol. The van der Waals surface area contributed by atoms with Crippen LogP contribution in [-0.4, -0.2) is 46.7 Å². The number of esters is 1.